The quantitative estimate of drug-likeness (QED) is 0.317. The molecular formula is C24H20N2O7S5. The number of thiophene rings is 1. The van der Waals surface area contributed by atoms with Crippen LogP contribution in [0.3, 0.4) is 0 Å². The fraction of sp³-hybridized carbons (Fsp3) is 0.125. The van der Waals surface area contributed by atoms with Gasteiger partial charge in [-0.15, -0.1) is 11.3 Å². The molecular weight excluding hydrogens is 589 g/mol. The van der Waals surface area contributed by atoms with Crippen molar-refractivity contribution in [3.63, 3.8) is 0 Å². The maximum Gasteiger partial charge on any atom is 0.283 e. The highest BCUT2D eigenvalue weighted by molar-refractivity contribution is 8.03. The number of thiazole rings is 1. The van der Waals surface area contributed by atoms with Gasteiger partial charge >= 0.3 is 0 Å². The monoisotopic (exact) mass is 608 g/mol. The summed E-state index contributed by atoms with van der Waals surface area (Å²) < 4.78 is 68.5. The van der Waals surface area contributed by atoms with Gasteiger partial charge in [0.1, 0.15) is 15.8 Å². The van der Waals surface area contributed by atoms with Crippen LogP contribution in [0.25, 0.3) is 22.2 Å². The predicted molar refractivity (Wildman–Crippen MR) is 153 cm³/mol. The number of allylic oxidation sites excluding steroid dienone is 1. The molecule has 0 atom stereocenters. The van der Waals surface area contributed by atoms with Crippen LogP contribution in [0.4, 0.5) is 5.69 Å². The summed E-state index contributed by atoms with van der Waals surface area (Å²) in [6.07, 6.45) is 4.95. The van der Waals surface area contributed by atoms with Crippen LogP contribution in [0.1, 0.15) is 10.4 Å². The fourth-order valence-electron chi connectivity index (χ4n) is 4.08. The molecule has 38 heavy (non-hydrogen) atoms. The third kappa shape index (κ3) is 5.66. The summed E-state index contributed by atoms with van der Waals surface area (Å²) in [5.74, 6) is -1.17. The van der Waals surface area contributed by atoms with Crippen LogP contribution in [0.15, 0.2) is 69.3 Å². The summed E-state index contributed by atoms with van der Waals surface area (Å²) in [5, 5.41) is 1.59. The van der Waals surface area contributed by atoms with Crippen LogP contribution in [-0.4, -0.2) is 36.4 Å². The second-order valence-corrected chi connectivity index (χ2v) is 14.4. The number of aromatic nitrogens is 1. The van der Waals surface area contributed by atoms with Crippen molar-refractivity contribution >= 4 is 82.6 Å². The van der Waals surface area contributed by atoms with Crippen molar-refractivity contribution < 1.29 is 25.9 Å². The minimum absolute atomic E-state index is 0.241. The van der Waals surface area contributed by atoms with E-state index in [1.165, 1.54) is 28.0 Å². The maximum absolute atomic E-state index is 12.9. The normalized spacial score (nSPS) is 16.2. The van der Waals surface area contributed by atoms with Gasteiger partial charge in [0.05, 0.1) is 10.7 Å². The molecule has 1 aliphatic heterocycles. The number of thioether (sulfide) groups is 1. The lowest BCUT2D eigenvalue weighted by atomic mass is 10.1. The highest BCUT2D eigenvalue weighted by Gasteiger charge is 2.27. The Bertz CT molecular complexity index is 2000. The van der Waals surface area contributed by atoms with Crippen molar-refractivity contribution in [3.05, 3.63) is 89.6 Å². The molecule has 0 spiro atoms. The summed E-state index contributed by atoms with van der Waals surface area (Å²) in [7, 11) is -6.89. The van der Waals surface area contributed by atoms with E-state index in [-0.39, 0.29) is 4.74 Å². The van der Waals surface area contributed by atoms with Gasteiger partial charge in [0.15, 0.2) is 5.88 Å². The molecule has 0 saturated heterocycles. The second-order valence-electron chi connectivity index (χ2n) is 8.36. The molecule has 2 aromatic carbocycles. The molecule has 0 fully saturated rings. The lowest BCUT2D eigenvalue weighted by Crippen LogP contribution is -2.29. The van der Waals surface area contributed by atoms with E-state index in [1.807, 2.05) is 24.3 Å². The zero-order valence-electron chi connectivity index (χ0n) is 19.6. The molecule has 0 saturated carbocycles. The first-order valence-electron chi connectivity index (χ1n) is 10.9. The molecule has 14 heteroatoms. The molecule has 198 valence electrons. The van der Waals surface area contributed by atoms with Crippen LogP contribution < -0.4 is 19.7 Å². The zero-order valence-corrected chi connectivity index (χ0v) is 23.7. The first-order chi connectivity index (χ1) is 17.9. The Kier molecular flexibility index (Phi) is 7.15. The molecule has 5 rings (SSSR count). The molecule has 4 aromatic rings. The van der Waals surface area contributed by atoms with Crippen LogP contribution >= 0.6 is 34.4 Å². The van der Waals surface area contributed by atoms with E-state index in [4.69, 9.17) is 0 Å². The van der Waals surface area contributed by atoms with Gasteiger partial charge in [-0.05, 0) is 47.4 Å². The van der Waals surface area contributed by atoms with Crippen LogP contribution in [0.5, 0.6) is 0 Å². The van der Waals surface area contributed by atoms with Crippen molar-refractivity contribution in [1.82, 2.24) is 4.57 Å². The van der Waals surface area contributed by atoms with E-state index in [2.05, 4.69) is 0 Å². The summed E-state index contributed by atoms with van der Waals surface area (Å²) >= 11 is 3.67. The lowest BCUT2D eigenvalue weighted by Gasteiger charge is -2.17. The maximum atomic E-state index is 12.9. The SMILES string of the molecule is Cn1c(=Cc2sc3ccccc3c2CS(=O)(=O)O)sc(=O)/c1=C/C=C1\Sc2ccccc2N1CS(=O)(=O)O. The van der Waals surface area contributed by atoms with Gasteiger partial charge in [-0.25, -0.2) is 0 Å². The average molecular weight is 609 g/mol. The molecule has 3 heterocycles. The van der Waals surface area contributed by atoms with Gasteiger partial charge in [0.25, 0.3) is 25.0 Å². The number of hydrogen-bond acceptors (Lipinski definition) is 9. The molecule has 0 amide bonds. The van der Waals surface area contributed by atoms with E-state index in [9.17, 15) is 30.7 Å². The number of benzene rings is 2. The molecule has 0 radical (unpaired) electrons. The van der Waals surface area contributed by atoms with Gasteiger partial charge in [0, 0.05) is 21.5 Å². The summed E-state index contributed by atoms with van der Waals surface area (Å²) in [5.41, 5.74) is 1.10. The minimum atomic E-state index is -4.31. The molecule has 0 unspecified atom stereocenters. The highest BCUT2D eigenvalue weighted by Crippen LogP contribution is 2.45. The molecule has 2 aromatic heterocycles. The molecule has 1 aliphatic rings. The first kappa shape index (κ1) is 26.9. The number of para-hydroxylation sites is 1. The van der Waals surface area contributed by atoms with Gasteiger partial charge in [0.2, 0.25) is 0 Å². The van der Waals surface area contributed by atoms with E-state index in [0.29, 0.717) is 31.2 Å². The number of rotatable bonds is 6. The van der Waals surface area contributed by atoms with Crippen LogP contribution in [0.2, 0.25) is 0 Å². The zero-order chi connectivity index (χ0) is 27.2. The second kappa shape index (κ2) is 10.1. The lowest BCUT2D eigenvalue weighted by molar-refractivity contribution is 0.480. The van der Waals surface area contributed by atoms with Gasteiger partial charge < -0.3 is 9.47 Å². The average Bonchev–Trinajstić information content (AvgIpc) is 3.43. The predicted octanol–water partition coefficient (Wildman–Crippen LogP) is 2.96. The number of nitrogens with zero attached hydrogens (tertiary/aromatic N) is 2. The first-order valence-corrected chi connectivity index (χ1v) is 16.6. The molecule has 0 bridgehead atoms. The molecule has 0 aliphatic carbocycles. The van der Waals surface area contributed by atoms with Crippen molar-refractivity contribution in [2.45, 2.75) is 10.6 Å². The topological polar surface area (TPSA) is 134 Å². The van der Waals surface area contributed by atoms with Gasteiger partial charge in [-0.1, -0.05) is 53.4 Å². The number of hydrogen-bond donors (Lipinski definition) is 2. The minimum Gasteiger partial charge on any atom is -0.332 e. The summed E-state index contributed by atoms with van der Waals surface area (Å²) in [6, 6.07) is 14.5. The number of anilines is 1. The molecule has 9 nitrogen and oxygen atoms in total. The Balaban J connectivity index is 1.61. The number of fused-ring (bicyclic) bond motifs is 2. The Morgan fingerprint density at radius 2 is 1.63 bits per heavy atom. The molecule has 2 N–H and O–H groups in total. The third-order valence-corrected chi connectivity index (χ3v) is 10.2. The smallest absolute Gasteiger partial charge is 0.283 e. The van der Waals surface area contributed by atoms with Crippen LogP contribution in [0, 0.1) is 0 Å². The van der Waals surface area contributed by atoms with Gasteiger partial charge in [-0.3, -0.25) is 13.9 Å². The highest BCUT2D eigenvalue weighted by atomic mass is 32.2. The third-order valence-electron chi connectivity index (χ3n) is 5.72. The largest absolute Gasteiger partial charge is 0.332 e. The standard InChI is InChI=1S/C24H20N2O7S5/c1-25-18(10-11-22-26(14-38(31,32)33)17-7-3-5-9-20(17)35-22)24(27)36-23(25)12-21-16(13-37(28,29)30)15-6-2-4-8-19(15)34-21/h2-12H,13-14H2,1H3,(H,28,29,30)(H,31,32,33)/b18-10-,22-11-,23-12?. The Hall–Kier alpha value is -2.72. The summed E-state index contributed by atoms with van der Waals surface area (Å²) in [6.45, 7) is 0. The Morgan fingerprint density at radius 1 is 0.921 bits per heavy atom. The van der Waals surface area contributed by atoms with E-state index < -0.39 is 31.9 Å². The van der Waals surface area contributed by atoms with Gasteiger partial charge in [-0.2, -0.15) is 16.8 Å². The Labute approximate surface area is 230 Å². The van der Waals surface area contributed by atoms with E-state index >= 15 is 0 Å². The van der Waals surface area contributed by atoms with Crippen molar-refractivity contribution in [2.75, 3.05) is 10.8 Å². The van der Waals surface area contributed by atoms with Crippen LogP contribution in [-0.2, 0) is 33.0 Å². The Morgan fingerprint density at radius 3 is 2.37 bits per heavy atom. The fourth-order valence-corrected chi connectivity index (χ4v) is 8.74. The van der Waals surface area contributed by atoms with Crippen molar-refractivity contribution in [3.8, 4) is 0 Å². The summed E-state index contributed by atoms with van der Waals surface area (Å²) in [4.78, 5) is 15.8. The van der Waals surface area contributed by atoms with E-state index in [1.54, 1.807) is 54.1 Å². The van der Waals surface area contributed by atoms with Crippen molar-refractivity contribution in [1.29, 1.82) is 0 Å². The van der Waals surface area contributed by atoms with Crippen molar-refractivity contribution in [2.24, 2.45) is 7.05 Å². The van der Waals surface area contributed by atoms with E-state index in [0.717, 1.165) is 26.3 Å².